The lowest BCUT2D eigenvalue weighted by Gasteiger charge is -2.14. The molecule has 0 saturated carbocycles. The van der Waals surface area contributed by atoms with Crippen molar-refractivity contribution in [3.05, 3.63) is 42.7 Å². The molecule has 0 aliphatic carbocycles. The minimum Gasteiger partial charge on any atom is -0.151 e. The normalized spacial score (nSPS) is 14.7. The van der Waals surface area contributed by atoms with E-state index in [1.165, 1.54) is 16.9 Å². The zero-order chi connectivity index (χ0) is 13.1. The molecule has 2 atom stereocenters. The molecule has 2 heterocycles. The maximum absolute atomic E-state index is 6.17. The van der Waals surface area contributed by atoms with Gasteiger partial charge < -0.3 is 0 Å². The molecule has 2 rings (SSSR count). The summed E-state index contributed by atoms with van der Waals surface area (Å²) in [6.07, 6.45) is 2.33. The van der Waals surface area contributed by atoms with Gasteiger partial charge in [-0.25, -0.2) is 0 Å². The Bertz CT molecular complexity index is 501. The summed E-state index contributed by atoms with van der Waals surface area (Å²) < 4.78 is 0. The lowest BCUT2D eigenvalue weighted by atomic mass is 9.93. The third-order valence-electron chi connectivity index (χ3n) is 3.28. The third-order valence-corrected chi connectivity index (χ3v) is 6.01. The van der Waals surface area contributed by atoms with Crippen molar-refractivity contribution in [3.8, 4) is 0 Å². The third kappa shape index (κ3) is 3.51. The molecule has 0 aliphatic rings. The molecule has 18 heavy (non-hydrogen) atoms. The van der Waals surface area contributed by atoms with Gasteiger partial charge in [0.05, 0.1) is 10.0 Å². The van der Waals surface area contributed by atoms with Crippen LogP contribution in [0.5, 0.6) is 0 Å². The predicted molar refractivity (Wildman–Crippen MR) is 84.7 cm³/mol. The van der Waals surface area contributed by atoms with Gasteiger partial charge in [-0.15, -0.1) is 11.3 Å². The van der Waals surface area contributed by atoms with Crippen LogP contribution in [0.1, 0.15) is 49.0 Å². The fourth-order valence-corrected chi connectivity index (χ4v) is 4.49. The first kappa shape index (κ1) is 14.4. The second-order valence-electron chi connectivity index (χ2n) is 4.72. The summed E-state index contributed by atoms with van der Waals surface area (Å²) in [6.45, 7) is 4.52. The highest BCUT2D eigenvalue weighted by atomic mass is 35.5. The maximum Gasteiger partial charge on any atom is 0.0547 e. The largest absolute Gasteiger partial charge is 0.151 e. The first-order valence-corrected chi connectivity index (χ1v) is 8.61. The Kier molecular flexibility index (Phi) is 5.14. The Balaban J connectivity index is 1.90. The highest BCUT2D eigenvalue weighted by molar-refractivity contribution is 7.10. The van der Waals surface area contributed by atoms with Crippen LogP contribution >= 0.6 is 45.9 Å². The highest BCUT2D eigenvalue weighted by Gasteiger charge is 2.14. The van der Waals surface area contributed by atoms with Crippen LogP contribution in [0.2, 0.25) is 10.0 Å². The van der Waals surface area contributed by atoms with E-state index < -0.39 is 0 Å². The van der Waals surface area contributed by atoms with Crippen molar-refractivity contribution in [2.24, 2.45) is 0 Å². The first-order chi connectivity index (χ1) is 8.58. The van der Waals surface area contributed by atoms with Crippen molar-refractivity contribution < 1.29 is 0 Å². The molecule has 0 saturated heterocycles. The van der Waals surface area contributed by atoms with E-state index in [9.17, 15) is 0 Å². The topological polar surface area (TPSA) is 0 Å². The van der Waals surface area contributed by atoms with E-state index in [1.807, 2.05) is 10.8 Å². The van der Waals surface area contributed by atoms with Crippen molar-refractivity contribution in [1.82, 2.24) is 0 Å². The minimum absolute atomic E-state index is 0.529. The van der Waals surface area contributed by atoms with Crippen LogP contribution in [0.3, 0.4) is 0 Å². The van der Waals surface area contributed by atoms with Crippen LogP contribution in [0.15, 0.2) is 22.2 Å². The molecule has 0 aliphatic heterocycles. The molecule has 2 aromatic heterocycles. The van der Waals surface area contributed by atoms with Crippen molar-refractivity contribution >= 4 is 45.9 Å². The smallest absolute Gasteiger partial charge is 0.0547 e. The van der Waals surface area contributed by atoms with Gasteiger partial charge >= 0.3 is 0 Å². The quantitative estimate of drug-likeness (QED) is 0.568. The maximum atomic E-state index is 6.17. The Morgan fingerprint density at radius 1 is 1.06 bits per heavy atom. The Hall–Kier alpha value is -0.0200. The van der Waals surface area contributed by atoms with E-state index in [4.69, 9.17) is 23.2 Å². The second kappa shape index (κ2) is 6.42. The lowest BCUT2D eigenvalue weighted by molar-refractivity contribution is 0.580. The molecular formula is C14H16Cl2S2. The Morgan fingerprint density at radius 3 is 2.33 bits per heavy atom. The number of hydrogen-bond acceptors (Lipinski definition) is 2. The number of thiophene rings is 2. The van der Waals surface area contributed by atoms with Crippen LogP contribution in [0.25, 0.3) is 0 Å². The fraction of sp³-hybridized carbons (Fsp3) is 0.429. The second-order valence-corrected chi connectivity index (χ2v) is 7.25. The van der Waals surface area contributed by atoms with E-state index in [0.29, 0.717) is 11.8 Å². The van der Waals surface area contributed by atoms with Crippen molar-refractivity contribution in [2.45, 2.75) is 38.5 Å². The van der Waals surface area contributed by atoms with E-state index >= 15 is 0 Å². The summed E-state index contributed by atoms with van der Waals surface area (Å²) >= 11 is 15.6. The van der Waals surface area contributed by atoms with Crippen LogP contribution in [0.4, 0.5) is 0 Å². The summed E-state index contributed by atoms with van der Waals surface area (Å²) in [5.74, 6) is 1.10. The summed E-state index contributed by atoms with van der Waals surface area (Å²) in [4.78, 5) is 1.38. The summed E-state index contributed by atoms with van der Waals surface area (Å²) in [5.41, 5.74) is 1.29. The van der Waals surface area contributed by atoms with Gasteiger partial charge in [-0.05, 0) is 41.7 Å². The van der Waals surface area contributed by atoms with E-state index in [2.05, 4.69) is 25.3 Å². The molecule has 0 amide bonds. The van der Waals surface area contributed by atoms with Crippen molar-refractivity contribution in [3.63, 3.8) is 0 Å². The van der Waals surface area contributed by atoms with Gasteiger partial charge in [-0.1, -0.05) is 37.0 Å². The number of hydrogen-bond donors (Lipinski definition) is 0. The summed E-state index contributed by atoms with van der Waals surface area (Å²) in [7, 11) is 0. The van der Waals surface area contributed by atoms with Gasteiger partial charge in [-0.2, -0.15) is 11.3 Å². The molecule has 2 aromatic rings. The average molecular weight is 319 g/mol. The first-order valence-electron chi connectivity index (χ1n) is 6.03. The molecular weight excluding hydrogens is 303 g/mol. The number of rotatable bonds is 5. The minimum atomic E-state index is 0.529. The zero-order valence-corrected chi connectivity index (χ0v) is 13.6. The molecule has 0 spiro atoms. The summed E-state index contributed by atoms with van der Waals surface area (Å²) in [6, 6.07) is 2.08. The van der Waals surface area contributed by atoms with Crippen LogP contribution in [-0.4, -0.2) is 0 Å². The van der Waals surface area contributed by atoms with Gasteiger partial charge in [0.1, 0.15) is 0 Å². The predicted octanol–water partition coefficient (Wildman–Crippen LogP) is 6.80. The molecule has 0 fully saturated rings. The van der Waals surface area contributed by atoms with Crippen LogP contribution < -0.4 is 0 Å². The van der Waals surface area contributed by atoms with Gasteiger partial charge in [0, 0.05) is 15.6 Å². The van der Waals surface area contributed by atoms with E-state index in [-0.39, 0.29) is 0 Å². The zero-order valence-electron chi connectivity index (χ0n) is 10.5. The highest BCUT2D eigenvalue weighted by Crippen LogP contribution is 2.35. The molecule has 4 heteroatoms. The molecule has 0 N–H and O–H groups in total. The van der Waals surface area contributed by atoms with Crippen molar-refractivity contribution in [2.75, 3.05) is 0 Å². The average Bonchev–Trinajstić information content (AvgIpc) is 2.94. The molecule has 98 valence electrons. The Morgan fingerprint density at radius 2 is 1.78 bits per heavy atom. The van der Waals surface area contributed by atoms with E-state index in [0.717, 1.165) is 16.5 Å². The van der Waals surface area contributed by atoms with Gasteiger partial charge in [0.25, 0.3) is 0 Å². The molecule has 0 bridgehead atoms. The lowest BCUT2D eigenvalue weighted by Crippen LogP contribution is -1.97. The Labute approximate surface area is 127 Å². The molecule has 0 radical (unpaired) electrons. The van der Waals surface area contributed by atoms with Crippen molar-refractivity contribution in [1.29, 1.82) is 0 Å². The van der Waals surface area contributed by atoms with Crippen LogP contribution in [-0.2, 0) is 0 Å². The molecule has 2 unspecified atom stereocenters. The number of halogens is 2. The van der Waals surface area contributed by atoms with Gasteiger partial charge in [-0.3, -0.25) is 0 Å². The SMILES string of the molecule is CC(CCC(C)c1cscc1Cl)c1cc(Cl)cs1. The monoisotopic (exact) mass is 318 g/mol. The molecule has 0 aromatic carbocycles. The van der Waals surface area contributed by atoms with Gasteiger partial charge in [0.2, 0.25) is 0 Å². The summed E-state index contributed by atoms with van der Waals surface area (Å²) in [5, 5.41) is 7.96. The van der Waals surface area contributed by atoms with Crippen LogP contribution in [0, 0.1) is 0 Å². The molecule has 0 nitrogen and oxygen atoms in total. The standard InChI is InChI=1S/C14H16Cl2S2/c1-9(12-7-17-8-13(12)16)3-4-10(2)14-5-11(15)6-18-14/h5-10H,3-4H2,1-2H3. The van der Waals surface area contributed by atoms with E-state index in [1.54, 1.807) is 22.7 Å². The van der Waals surface area contributed by atoms with Gasteiger partial charge in [0.15, 0.2) is 0 Å². The fourth-order valence-electron chi connectivity index (χ4n) is 2.03.